The van der Waals surface area contributed by atoms with E-state index >= 15 is 0 Å². The minimum Gasteiger partial charge on any atom is -0.347 e. The zero-order valence-corrected chi connectivity index (χ0v) is 19.0. The van der Waals surface area contributed by atoms with Gasteiger partial charge in [0.15, 0.2) is 7.60 Å². The van der Waals surface area contributed by atoms with E-state index in [9.17, 15) is 4.57 Å². The van der Waals surface area contributed by atoms with Crippen LogP contribution in [0.2, 0.25) is 0 Å². The Morgan fingerprint density at radius 1 is 0.783 bits per heavy atom. The molecule has 0 rings (SSSR count). The zero-order chi connectivity index (χ0) is 16.5. The molecule has 0 saturated heterocycles. The molecule has 0 atom stereocenters. The SMILES string of the molecule is CCCCCCCC/C=C\CCCCCCC[CH-]P(=O)(O)O.[Nd]. The fourth-order valence-corrected chi connectivity index (χ4v) is 2.99. The van der Waals surface area contributed by atoms with Crippen molar-refractivity contribution in [1.82, 2.24) is 0 Å². The number of allylic oxidation sites excluding steroid dienone is 2. The zero-order valence-electron chi connectivity index (χ0n) is 14.9. The fraction of sp³-hybridized carbons (Fsp3) is 0.833. The summed E-state index contributed by atoms with van der Waals surface area (Å²) in [5, 5.41) is 0. The van der Waals surface area contributed by atoms with E-state index in [1.807, 2.05) is 0 Å². The van der Waals surface area contributed by atoms with Crippen molar-refractivity contribution < 1.29 is 55.2 Å². The van der Waals surface area contributed by atoms with Crippen molar-refractivity contribution in [2.24, 2.45) is 0 Å². The van der Waals surface area contributed by atoms with Gasteiger partial charge >= 0.3 is 0 Å². The van der Waals surface area contributed by atoms with Gasteiger partial charge in [0.05, 0.1) is 0 Å². The third-order valence-corrected chi connectivity index (χ3v) is 4.57. The molecule has 0 aromatic carbocycles. The molecule has 0 aliphatic rings. The molecular formula is C18H36NdO3P-. The Bertz CT molecular complexity index is 303. The molecule has 136 valence electrons. The number of rotatable bonds is 16. The molecule has 0 aromatic heterocycles. The van der Waals surface area contributed by atoms with Crippen LogP contribution < -0.4 is 0 Å². The quantitative estimate of drug-likeness (QED) is 0.118. The van der Waals surface area contributed by atoms with Gasteiger partial charge in [0.25, 0.3) is 0 Å². The Morgan fingerprint density at radius 2 is 1.22 bits per heavy atom. The van der Waals surface area contributed by atoms with Crippen LogP contribution in [0.1, 0.15) is 96.8 Å². The molecule has 0 radical (unpaired) electrons. The van der Waals surface area contributed by atoms with Gasteiger partial charge in [-0.05, 0) is 25.7 Å². The molecule has 0 aliphatic heterocycles. The van der Waals surface area contributed by atoms with Gasteiger partial charge in [-0.2, -0.15) is 6.42 Å². The smallest absolute Gasteiger partial charge is 0.182 e. The van der Waals surface area contributed by atoms with Crippen LogP contribution in [0.25, 0.3) is 0 Å². The molecular weight excluding hydrogens is 439 g/mol. The largest absolute Gasteiger partial charge is 0.347 e. The Hall–Kier alpha value is 1.24. The Balaban J connectivity index is 0. The Labute approximate surface area is 176 Å². The molecule has 0 heterocycles. The first-order chi connectivity index (χ1) is 10.6. The summed E-state index contributed by atoms with van der Waals surface area (Å²) in [5.41, 5.74) is 0. The average Bonchev–Trinajstić information content (AvgIpc) is 2.45. The Kier molecular flexibility index (Phi) is 22.5. The van der Waals surface area contributed by atoms with E-state index in [1.54, 1.807) is 0 Å². The van der Waals surface area contributed by atoms with E-state index in [2.05, 4.69) is 19.1 Å². The fourth-order valence-electron chi connectivity index (χ4n) is 2.47. The predicted octanol–water partition coefficient (Wildman–Crippen LogP) is 6.36. The molecule has 0 fully saturated rings. The maximum Gasteiger partial charge on any atom is 0.182 e. The maximum atomic E-state index is 10.6. The normalized spacial score (nSPS) is 11.8. The van der Waals surface area contributed by atoms with E-state index in [0.29, 0.717) is 6.42 Å². The summed E-state index contributed by atoms with van der Waals surface area (Å²) in [6, 6.07) is 0. The van der Waals surface area contributed by atoms with Crippen molar-refractivity contribution in [3.05, 3.63) is 18.3 Å². The van der Waals surface area contributed by atoms with E-state index in [-0.39, 0.29) is 40.8 Å². The van der Waals surface area contributed by atoms with Crippen LogP contribution in [-0.2, 0) is 4.57 Å². The second kappa shape index (κ2) is 19.6. The maximum absolute atomic E-state index is 10.6. The van der Waals surface area contributed by atoms with Gasteiger partial charge in [0, 0.05) is 40.8 Å². The summed E-state index contributed by atoms with van der Waals surface area (Å²) in [5.74, 6) is 0. The molecule has 0 spiro atoms. The van der Waals surface area contributed by atoms with Gasteiger partial charge in [-0.1, -0.05) is 76.9 Å². The van der Waals surface area contributed by atoms with Gasteiger partial charge < -0.3 is 9.79 Å². The second-order valence-electron chi connectivity index (χ2n) is 6.14. The van der Waals surface area contributed by atoms with Gasteiger partial charge in [-0.15, -0.1) is 0 Å². The minimum absolute atomic E-state index is 0. The van der Waals surface area contributed by atoms with Crippen molar-refractivity contribution in [2.45, 2.75) is 96.8 Å². The van der Waals surface area contributed by atoms with Gasteiger partial charge in [-0.25, -0.2) is 6.16 Å². The van der Waals surface area contributed by atoms with Crippen LogP contribution in [0.15, 0.2) is 12.2 Å². The van der Waals surface area contributed by atoms with Crippen molar-refractivity contribution in [3.63, 3.8) is 0 Å². The van der Waals surface area contributed by atoms with Crippen molar-refractivity contribution in [2.75, 3.05) is 0 Å². The number of hydrogen-bond donors (Lipinski definition) is 2. The summed E-state index contributed by atoms with van der Waals surface area (Å²) >= 11 is 0. The third kappa shape index (κ3) is 25.6. The van der Waals surface area contributed by atoms with Crippen molar-refractivity contribution in [3.8, 4) is 0 Å². The molecule has 3 nitrogen and oxygen atoms in total. The van der Waals surface area contributed by atoms with Crippen LogP contribution in [0.3, 0.4) is 0 Å². The second-order valence-corrected chi connectivity index (χ2v) is 7.69. The van der Waals surface area contributed by atoms with Crippen LogP contribution in [-0.4, -0.2) is 9.79 Å². The molecule has 0 amide bonds. The van der Waals surface area contributed by atoms with E-state index in [4.69, 9.17) is 9.79 Å². The summed E-state index contributed by atoms with van der Waals surface area (Å²) in [7, 11) is -3.89. The first-order valence-electron chi connectivity index (χ1n) is 9.11. The molecule has 23 heavy (non-hydrogen) atoms. The first kappa shape index (κ1) is 26.5. The summed E-state index contributed by atoms with van der Waals surface area (Å²) in [6.45, 7) is 2.25. The van der Waals surface area contributed by atoms with E-state index in [0.717, 1.165) is 19.0 Å². The molecule has 0 bridgehead atoms. The predicted molar refractivity (Wildman–Crippen MR) is 95.8 cm³/mol. The molecule has 0 aliphatic carbocycles. The summed E-state index contributed by atoms with van der Waals surface area (Å²) in [4.78, 5) is 17.4. The van der Waals surface area contributed by atoms with Gasteiger partial charge in [0.1, 0.15) is 0 Å². The van der Waals surface area contributed by atoms with Crippen LogP contribution >= 0.6 is 7.60 Å². The molecule has 0 aromatic rings. The third-order valence-electron chi connectivity index (χ3n) is 3.83. The minimum atomic E-state index is -3.89. The van der Waals surface area contributed by atoms with Gasteiger partial charge in [-0.3, -0.25) is 4.57 Å². The summed E-state index contributed by atoms with van der Waals surface area (Å²) < 4.78 is 10.6. The molecule has 5 heteroatoms. The molecule has 0 saturated carbocycles. The first-order valence-corrected chi connectivity index (χ1v) is 10.8. The molecule has 2 N–H and O–H groups in total. The van der Waals surface area contributed by atoms with Crippen LogP contribution in [0.4, 0.5) is 0 Å². The number of unbranched alkanes of at least 4 members (excludes halogenated alkanes) is 12. The molecule has 0 unspecified atom stereocenters. The van der Waals surface area contributed by atoms with Crippen LogP contribution in [0.5, 0.6) is 0 Å². The standard InChI is InChI=1S/C18H36O3P.Nd/c1-2-3-4-5-6-7-8-9-10-11-12-13-14-15-16-17-18-22(19,20)21;/h9-10,18H,2-8,11-17H2,1H3,(H2,19,20,21);/q-1;/b10-9-;. The van der Waals surface area contributed by atoms with E-state index in [1.165, 1.54) is 70.6 Å². The van der Waals surface area contributed by atoms with Gasteiger partial charge in [0.2, 0.25) is 0 Å². The average molecular weight is 476 g/mol. The van der Waals surface area contributed by atoms with E-state index < -0.39 is 7.60 Å². The van der Waals surface area contributed by atoms with Crippen molar-refractivity contribution in [1.29, 1.82) is 0 Å². The van der Waals surface area contributed by atoms with Crippen molar-refractivity contribution >= 4 is 7.60 Å². The topological polar surface area (TPSA) is 57.5 Å². The summed E-state index contributed by atoms with van der Waals surface area (Å²) in [6.07, 6.45) is 22.5. The monoisotopic (exact) mass is 473 g/mol. The van der Waals surface area contributed by atoms with Crippen LogP contribution in [0, 0.1) is 47.0 Å². The number of hydrogen-bond acceptors (Lipinski definition) is 1. The Morgan fingerprint density at radius 3 is 1.70 bits per heavy atom.